The first-order valence-corrected chi connectivity index (χ1v) is 19.4. The Hall–Kier alpha value is -7.28. The van der Waals surface area contributed by atoms with Crippen LogP contribution >= 0.6 is 0 Å². The predicted molar refractivity (Wildman–Crippen MR) is 241 cm³/mol. The molecule has 0 aromatic heterocycles. The summed E-state index contributed by atoms with van der Waals surface area (Å²) in [5.41, 5.74) is 12.4. The van der Waals surface area contributed by atoms with E-state index in [0.717, 1.165) is 0 Å². The molecule has 0 aliphatic rings. The van der Waals surface area contributed by atoms with Crippen LogP contribution in [0.15, 0.2) is 218 Å². The van der Waals surface area contributed by atoms with Crippen molar-refractivity contribution in [2.45, 2.75) is 0 Å². The molecule has 56 heavy (non-hydrogen) atoms. The first-order chi connectivity index (χ1) is 27.8. The maximum absolute atomic E-state index is 2.43. The van der Waals surface area contributed by atoms with Gasteiger partial charge >= 0.3 is 0 Å². The van der Waals surface area contributed by atoms with Gasteiger partial charge in [-0.2, -0.15) is 0 Å². The van der Waals surface area contributed by atoms with Gasteiger partial charge in [-0.3, -0.25) is 0 Å². The Morgan fingerprint density at radius 1 is 0.179 bits per heavy atom. The van der Waals surface area contributed by atoms with Gasteiger partial charge in [-0.15, -0.1) is 0 Å². The molecule has 260 valence electrons. The number of fused-ring (bicyclic) bond motifs is 6. The average molecular weight is 709 g/mol. The molecule has 0 atom stereocenters. The zero-order chi connectivity index (χ0) is 37.0. The summed E-state index contributed by atoms with van der Waals surface area (Å²) in [5.74, 6) is 0. The molecule has 0 heteroatoms. The molecule has 0 N–H and O–H groups in total. The number of rotatable bonds is 5. The predicted octanol–water partition coefficient (Wildman–Crippen LogP) is 15.8. The Bertz CT molecular complexity index is 3210. The second-order valence-electron chi connectivity index (χ2n) is 14.8. The smallest absolute Gasteiger partial charge is 0.00261 e. The zero-order valence-corrected chi connectivity index (χ0v) is 30.8. The van der Waals surface area contributed by atoms with E-state index in [1.165, 1.54) is 109 Å². The molecular weight excluding hydrogens is 673 g/mol. The van der Waals surface area contributed by atoms with Crippen molar-refractivity contribution in [3.05, 3.63) is 218 Å². The zero-order valence-electron chi connectivity index (χ0n) is 30.8. The summed E-state index contributed by atoms with van der Waals surface area (Å²) < 4.78 is 0. The molecule has 11 aromatic carbocycles. The minimum atomic E-state index is 1.20. The summed E-state index contributed by atoms with van der Waals surface area (Å²) in [6, 6.07) is 80.3. The van der Waals surface area contributed by atoms with Gasteiger partial charge in [0.2, 0.25) is 0 Å². The van der Waals surface area contributed by atoms with E-state index in [1.54, 1.807) is 0 Å². The molecule has 0 nitrogen and oxygen atoms in total. The van der Waals surface area contributed by atoms with E-state index in [0.29, 0.717) is 0 Å². The third-order valence-electron chi connectivity index (χ3n) is 11.6. The summed E-state index contributed by atoms with van der Waals surface area (Å²) in [5, 5.41) is 12.6. The van der Waals surface area contributed by atoms with Crippen LogP contribution in [-0.2, 0) is 0 Å². The van der Waals surface area contributed by atoms with Crippen LogP contribution in [0.4, 0.5) is 0 Å². The van der Waals surface area contributed by atoms with Crippen molar-refractivity contribution < 1.29 is 0 Å². The van der Waals surface area contributed by atoms with Crippen LogP contribution in [0.25, 0.3) is 109 Å². The van der Waals surface area contributed by atoms with Crippen molar-refractivity contribution in [2.24, 2.45) is 0 Å². The third kappa shape index (κ3) is 5.30. The lowest BCUT2D eigenvalue weighted by Gasteiger charge is -2.19. The Labute approximate surface area is 326 Å². The maximum Gasteiger partial charge on any atom is -0.00261 e. The topological polar surface area (TPSA) is 0 Å². The van der Waals surface area contributed by atoms with Gasteiger partial charge in [-0.05, 0) is 134 Å². The van der Waals surface area contributed by atoms with Gasteiger partial charge < -0.3 is 0 Å². The molecule has 0 aliphatic heterocycles. The molecule has 11 aromatic rings. The minimum absolute atomic E-state index is 1.20. The summed E-state index contributed by atoms with van der Waals surface area (Å²) in [7, 11) is 0. The summed E-state index contributed by atoms with van der Waals surface area (Å²) in [6.45, 7) is 0. The Kier molecular flexibility index (Phi) is 7.60. The van der Waals surface area contributed by atoms with E-state index in [4.69, 9.17) is 0 Å². The van der Waals surface area contributed by atoms with Crippen molar-refractivity contribution in [1.82, 2.24) is 0 Å². The molecule has 0 unspecified atom stereocenters. The molecule has 0 heterocycles. The van der Waals surface area contributed by atoms with Crippen molar-refractivity contribution in [3.8, 4) is 55.6 Å². The van der Waals surface area contributed by atoms with E-state index in [1.807, 2.05) is 0 Å². The van der Waals surface area contributed by atoms with Gasteiger partial charge in [0, 0.05) is 0 Å². The monoisotopic (exact) mass is 708 g/mol. The van der Waals surface area contributed by atoms with Gasteiger partial charge in [-0.1, -0.05) is 194 Å². The van der Waals surface area contributed by atoms with Gasteiger partial charge in [0.05, 0.1) is 0 Å². The van der Waals surface area contributed by atoms with E-state index in [-0.39, 0.29) is 0 Å². The van der Waals surface area contributed by atoms with E-state index < -0.39 is 0 Å². The number of hydrogen-bond acceptors (Lipinski definition) is 0. The summed E-state index contributed by atoms with van der Waals surface area (Å²) in [4.78, 5) is 0. The van der Waals surface area contributed by atoms with Gasteiger partial charge in [0.1, 0.15) is 0 Å². The van der Waals surface area contributed by atoms with Crippen LogP contribution in [-0.4, -0.2) is 0 Å². The standard InChI is InChI=1S/C56H36/c1-3-15-37(16-4-1)44-33-42-31-32-43(56-50-25-13-11-23-48(50)55(40-17-5-2-6-18-40)49-24-12-14-26-51(49)56)35-54(42)53(36-44)39-29-27-38(28-30-39)52-34-41-19-7-8-20-45(41)46-21-9-10-22-47(46)52/h1-36H. The highest BCUT2D eigenvalue weighted by Crippen LogP contribution is 2.45. The molecule has 0 aliphatic carbocycles. The highest BCUT2D eigenvalue weighted by atomic mass is 14.2. The van der Waals surface area contributed by atoms with Crippen molar-refractivity contribution >= 4 is 53.9 Å². The van der Waals surface area contributed by atoms with E-state index in [2.05, 4.69) is 218 Å². The van der Waals surface area contributed by atoms with E-state index in [9.17, 15) is 0 Å². The molecule has 11 rings (SSSR count). The Morgan fingerprint density at radius 2 is 0.607 bits per heavy atom. The minimum Gasteiger partial charge on any atom is -0.0622 e. The molecule has 0 radical (unpaired) electrons. The first-order valence-electron chi connectivity index (χ1n) is 19.4. The van der Waals surface area contributed by atoms with Crippen LogP contribution in [0.1, 0.15) is 0 Å². The average Bonchev–Trinajstić information content (AvgIpc) is 3.28. The SMILES string of the molecule is c1ccc(-c2cc(-c3ccc(-c4cc5ccccc5c5ccccc45)cc3)c3cc(-c4c5ccccc5c(-c5ccccc5)c5ccccc45)ccc3c2)cc1. The largest absolute Gasteiger partial charge is 0.0622 e. The highest BCUT2D eigenvalue weighted by Gasteiger charge is 2.18. The van der Waals surface area contributed by atoms with Crippen molar-refractivity contribution in [2.75, 3.05) is 0 Å². The second kappa shape index (κ2) is 13.2. The summed E-state index contributed by atoms with van der Waals surface area (Å²) in [6.07, 6.45) is 0. The fraction of sp³-hybridized carbons (Fsp3) is 0. The van der Waals surface area contributed by atoms with Crippen molar-refractivity contribution in [1.29, 1.82) is 0 Å². The lowest BCUT2D eigenvalue weighted by Crippen LogP contribution is -1.92. The van der Waals surface area contributed by atoms with Crippen LogP contribution in [0.5, 0.6) is 0 Å². The molecule has 0 bridgehead atoms. The quantitative estimate of drug-likeness (QED) is 0.123. The first kappa shape index (κ1) is 32.2. The molecule has 0 saturated heterocycles. The maximum atomic E-state index is 2.43. The van der Waals surface area contributed by atoms with E-state index >= 15 is 0 Å². The summed E-state index contributed by atoms with van der Waals surface area (Å²) >= 11 is 0. The third-order valence-corrected chi connectivity index (χ3v) is 11.6. The Morgan fingerprint density at radius 3 is 1.21 bits per heavy atom. The molecule has 0 amide bonds. The van der Waals surface area contributed by atoms with Gasteiger partial charge in [0.25, 0.3) is 0 Å². The normalized spacial score (nSPS) is 11.6. The highest BCUT2D eigenvalue weighted by molar-refractivity contribution is 6.22. The lowest BCUT2D eigenvalue weighted by atomic mass is 9.84. The Balaban J connectivity index is 1.13. The number of benzene rings is 11. The lowest BCUT2D eigenvalue weighted by molar-refractivity contribution is 1.61. The van der Waals surface area contributed by atoms with Gasteiger partial charge in [0.15, 0.2) is 0 Å². The second-order valence-corrected chi connectivity index (χ2v) is 14.8. The fourth-order valence-corrected chi connectivity index (χ4v) is 9.03. The molecule has 0 spiro atoms. The number of hydrogen-bond donors (Lipinski definition) is 0. The van der Waals surface area contributed by atoms with Gasteiger partial charge in [-0.25, -0.2) is 0 Å². The van der Waals surface area contributed by atoms with Crippen molar-refractivity contribution in [3.63, 3.8) is 0 Å². The van der Waals surface area contributed by atoms with Crippen LogP contribution in [0, 0.1) is 0 Å². The molecule has 0 saturated carbocycles. The van der Waals surface area contributed by atoms with Crippen LogP contribution < -0.4 is 0 Å². The van der Waals surface area contributed by atoms with Crippen LogP contribution in [0.3, 0.4) is 0 Å². The van der Waals surface area contributed by atoms with Crippen LogP contribution in [0.2, 0.25) is 0 Å². The molecular formula is C56H36. The molecule has 0 fully saturated rings. The fourth-order valence-electron chi connectivity index (χ4n) is 9.03.